The molecule has 0 aliphatic carbocycles. The number of piperazine rings is 1. The highest BCUT2D eigenvalue weighted by molar-refractivity contribution is 7.13. The molecule has 24 heavy (non-hydrogen) atoms. The molecule has 8 heteroatoms. The summed E-state index contributed by atoms with van der Waals surface area (Å²) in [6.07, 6.45) is 0. The number of aromatic amines is 1. The molecule has 1 fully saturated rings. The minimum Gasteiger partial charge on any atom is -0.343 e. The number of thiazole rings is 1. The summed E-state index contributed by atoms with van der Waals surface area (Å²) in [7, 11) is 0. The number of aryl methyl sites for hydroxylation is 3. The van der Waals surface area contributed by atoms with Crippen LogP contribution in [0.4, 0.5) is 10.8 Å². The van der Waals surface area contributed by atoms with Crippen LogP contribution in [0.5, 0.6) is 0 Å². The van der Waals surface area contributed by atoms with Gasteiger partial charge in [-0.3, -0.25) is 14.8 Å². The second-order valence-corrected chi connectivity index (χ2v) is 7.24. The van der Waals surface area contributed by atoms with Crippen LogP contribution in [0.3, 0.4) is 0 Å². The minimum absolute atomic E-state index is 0.00773. The third-order valence-corrected chi connectivity index (χ3v) is 5.32. The van der Waals surface area contributed by atoms with Crippen LogP contribution in [-0.4, -0.2) is 58.2 Å². The number of nitrogens with one attached hydrogen (secondary N) is 2. The second kappa shape index (κ2) is 6.90. The molecule has 3 heterocycles. The van der Waals surface area contributed by atoms with Gasteiger partial charge in [-0.05, 0) is 27.7 Å². The van der Waals surface area contributed by atoms with Gasteiger partial charge in [-0.15, -0.1) is 11.3 Å². The molecule has 1 aliphatic heterocycles. The number of nitrogens with zero attached hydrogens (tertiary/aromatic N) is 4. The summed E-state index contributed by atoms with van der Waals surface area (Å²) in [5.74, 6) is 0.00773. The molecule has 2 aromatic rings. The van der Waals surface area contributed by atoms with Gasteiger partial charge in [-0.2, -0.15) is 5.10 Å². The zero-order chi connectivity index (χ0) is 17.3. The molecular weight excluding hydrogens is 324 g/mol. The molecule has 1 aliphatic rings. The fourth-order valence-corrected chi connectivity index (χ4v) is 3.98. The first-order valence-corrected chi connectivity index (χ1v) is 9.04. The van der Waals surface area contributed by atoms with Gasteiger partial charge in [-0.1, -0.05) is 0 Å². The average molecular weight is 348 g/mol. The number of amides is 1. The molecule has 0 aromatic carbocycles. The van der Waals surface area contributed by atoms with Crippen LogP contribution in [0.1, 0.15) is 24.0 Å². The summed E-state index contributed by atoms with van der Waals surface area (Å²) in [5, 5.41) is 13.1. The van der Waals surface area contributed by atoms with E-state index in [2.05, 4.69) is 42.6 Å². The predicted octanol–water partition coefficient (Wildman–Crippen LogP) is 1.94. The predicted molar refractivity (Wildman–Crippen MR) is 96.8 cm³/mol. The molecule has 0 saturated carbocycles. The van der Waals surface area contributed by atoms with E-state index in [4.69, 9.17) is 0 Å². The van der Waals surface area contributed by atoms with Crippen molar-refractivity contribution in [3.63, 3.8) is 0 Å². The largest absolute Gasteiger partial charge is 0.343 e. The average Bonchev–Trinajstić information content (AvgIpc) is 3.08. The number of carbonyl (C=O) groups excluding carboxylic acids is 1. The molecule has 1 unspecified atom stereocenters. The van der Waals surface area contributed by atoms with E-state index in [-0.39, 0.29) is 5.91 Å². The molecule has 130 valence electrons. The van der Waals surface area contributed by atoms with Gasteiger partial charge in [0.15, 0.2) is 5.13 Å². The van der Waals surface area contributed by atoms with Crippen LogP contribution in [0.25, 0.3) is 0 Å². The lowest BCUT2D eigenvalue weighted by Crippen LogP contribution is -2.53. The normalized spacial score (nSPS) is 18.8. The fourth-order valence-electron chi connectivity index (χ4n) is 3.05. The zero-order valence-corrected chi connectivity index (χ0v) is 15.4. The second-order valence-electron chi connectivity index (χ2n) is 6.41. The van der Waals surface area contributed by atoms with Crippen molar-refractivity contribution in [2.75, 3.05) is 36.4 Å². The van der Waals surface area contributed by atoms with Gasteiger partial charge in [0.25, 0.3) is 0 Å². The van der Waals surface area contributed by atoms with Gasteiger partial charge in [0.1, 0.15) is 0 Å². The van der Waals surface area contributed by atoms with Crippen molar-refractivity contribution in [2.24, 2.45) is 0 Å². The number of hydrogen-bond donors (Lipinski definition) is 2. The third-order valence-electron chi connectivity index (χ3n) is 4.32. The van der Waals surface area contributed by atoms with Gasteiger partial charge in [-0.25, -0.2) is 4.98 Å². The van der Waals surface area contributed by atoms with Crippen LogP contribution < -0.4 is 10.2 Å². The van der Waals surface area contributed by atoms with Crippen molar-refractivity contribution in [3.05, 3.63) is 22.5 Å². The first-order valence-electron chi connectivity index (χ1n) is 8.16. The van der Waals surface area contributed by atoms with Gasteiger partial charge < -0.3 is 10.2 Å². The van der Waals surface area contributed by atoms with E-state index in [1.54, 1.807) is 11.3 Å². The van der Waals surface area contributed by atoms with E-state index in [1.807, 2.05) is 20.8 Å². The van der Waals surface area contributed by atoms with Gasteiger partial charge in [0.2, 0.25) is 5.91 Å². The molecule has 3 rings (SSSR count). The molecule has 2 N–H and O–H groups in total. The zero-order valence-electron chi connectivity index (χ0n) is 14.6. The Bertz CT molecular complexity index is 704. The summed E-state index contributed by atoms with van der Waals surface area (Å²) in [5.41, 5.74) is 3.57. The Kier molecular flexibility index (Phi) is 4.86. The Balaban J connectivity index is 1.55. The molecule has 1 atom stereocenters. The van der Waals surface area contributed by atoms with Crippen LogP contribution in [0.15, 0.2) is 5.38 Å². The summed E-state index contributed by atoms with van der Waals surface area (Å²) in [6.45, 7) is 11.0. The SMILES string of the molecule is Cc1csc(N2CCN(CC(=O)Nc3c(C)n[nH]c3C)CC2C)n1. The highest BCUT2D eigenvalue weighted by Gasteiger charge is 2.26. The number of aromatic nitrogens is 3. The number of anilines is 2. The highest BCUT2D eigenvalue weighted by Crippen LogP contribution is 2.24. The van der Waals surface area contributed by atoms with Crippen molar-refractivity contribution in [2.45, 2.75) is 33.7 Å². The monoisotopic (exact) mass is 348 g/mol. The van der Waals surface area contributed by atoms with E-state index in [0.29, 0.717) is 12.6 Å². The van der Waals surface area contributed by atoms with Crippen LogP contribution in [0, 0.1) is 20.8 Å². The Labute approximate surface area is 146 Å². The van der Waals surface area contributed by atoms with Gasteiger partial charge >= 0.3 is 0 Å². The van der Waals surface area contributed by atoms with E-state index >= 15 is 0 Å². The van der Waals surface area contributed by atoms with E-state index in [9.17, 15) is 4.79 Å². The Morgan fingerprint density at radius 2 is 2.21 bits per heavy atom. The van der Waals surface area contributed by atoms with Crippen LogP contribution in [-0.2, 0) is 4.79 Å². The summed E-state index contributed by atoms with van der Waals surface area (Å²) < 4.78 is 0. The van der Waals surface area contributed by atoms with E-state index in [0.717, 1.165) is 47.5 Å². The van der Waals surface area contributed by atoms with Gasteiger partial charge in [0, 0.05) is 31.1 Å². The number of rotatable bonds is 4. The summed E-state index contributed by atoms with van der Waals surface area (Å²) in [6, 6.07) is 0.342. The van der Waals surface area contributed by atoms with Crippen molar-refractivity contribution < 1.29 is 4.79 Å². The maximum Gasteiger partial charge on any atom is 0.238 e. The van der Waals surface area contributed by atoms with Gasteiger partial charge in [0.05, 0.1) is 29.3 Å². The standard InChI is InChI=1S/C16H24N6OS/c1-10-9-24-16(17-10)22-6-5-21(7-11(22)2)8-14(23)18-15-12(3)19-20-13(15)4/h9,11H,5-8H2,1-4H3,(H,18,23)(H,19,20). The molecule has 1 amide bonds. The highest BCUT2D eigenvalue weighted by atomic mass is 32.1. The number of hydrogen-bond acceptors (Lipinski definition) is 6. The van der Waals surface area contributed by atoms with Crippen molar-refractivity contribution in [3.8, 4) is 0 Å². The van der Waals surface area contributed by atoms with E-state index in [1.165, 1.54) is 0 Å². The smallest absolute Gasteiger partial charge is 0.238 e. The lowest BCUT2D eigenvalue weighted by molar-refractivity contribution is -0.117. The molecule has 0 bridgehead atoms. The molecule has 7 nitrogen and oxygen atoms in total. The van der Waals surface area contributed by atoms with E-state index < -0.39 is 0 Å². The number of H-pyrrole nitrogens is 1. The quantitative estimate of drug-likeness (QED) is 0.883. The maximum atomic E-state index is 12.3. The van der Waals surface area contributed by atoms with Crippen molar-refractivity contribution in [1.29, 1.82) is 0 Å². The first kappa shape index (κ1) is 16.9. The van der Waals surface area contributed by atoms with Crippen molar-refractivity contribution >= 4 is 28.1 Å². The molecule has 1 saturated heterocycles. The lowest BCUT2D eigenvalue weighted by Gasteiger charge is -2.39. The summed E-state index contributed by atoms with van der Waals surface area (Å²) >= 11 is 1.69. The van der Waals surface area contributed by atoms with Crippen LogP contribution >= 0.6 is 11.3 Å². The minimum atomic E-state index is 0.00773. The Morgan fingerprint density at radius 1 is 1.42 bits per heavy atom. The lowest BCUT2D eigenvalue weighted by atomic mass is 10.2. The first-order chi connectivity index (χ1) is 11.4. The number of carbonyl (C=O) groups is 1. The maximum absolute atomic E-state index is 12.3. The Morgan fingerprint density at radius 3 is 2.79 bits per heavy atom. The molecule has 2 aromatic heterocycles. The summed E-state index contributed by atoms with van der Waals surface area (Å²) in [4.78, 5) is 21.4. The molecule has 0 radical (unpaired) electrons. The fraction of sp³-hybridized carbons (Fsp3) is 0.562. The molecular formula is C16H24N6OS. The third kappa shape index (κ3) is 3.59. The Hall–Kier alpha value is -1.93. The van der Waals surface area contributed by atoms with Crippen molar-refractivity contribution in [1.82, 2.24) is 20.1 Å². The topological polar surface area (TPSA) is 77.1 Å². The van der Waals surface area contributed by atoms with Crippen LogP contribution in [0.2, 0.25) is 0 Å². The molecule has 0 spiro atoms.